The number of aromatic nitrogens is 1. The van der Waals surface area contributed by atoms with Crippen LogP contribution in [0.15, 0.2) is 39.8 Å². The van der Waals surface area contributed by atoms with Crippen molar-refractivity contribution in [2.24, 2.45) is 4.99 Å². The van der Waals surface area contributed by atoms with Crippen molar-refractivity contribution in [1.29, 1.82) is 0 Å². The Bertz CT molecular complexity index is 706. The number of pyridine rings is 1. The molecule has 1 aromatic carbocycles. The topological polar surface area (TPSA) is 37.7 Å². The molecule has 1 aromatic heterocycles. The lowest BCUT2D eigenvalue weighted by molar-refractivity contribution is 0.291. The second-order valence-corrected chi connectivity index (χ2v) is 7.22. The Hall–Kier alpha value is -1.15. The molecule has 0 aliphatic heterocycles. The summed E-state index contributed by atoms with van der Waals surface area (Å²) in [4.78, 5) is 11.0. The van der Waals surface area contributed by atoms with Crippen LogP contribution in [0.2, 0.25) is 0 Å². The second kappa shape index (κ2) is 8.63. The van der Waals surface area contributed by atoms with Crippen LogP contribution in [0.5, 0.6) is 5.88 Å². The number of ether oxygens (including phenoxy) is 1. The van der Waals surface area contributed by atoms with E-state index in [4.69, 9.17) is 4.74 Å². The number of rotatable bonds is 6. The van der Waals surface area contributed by atoms with Crippen LogP contribution < -0.4 is 4.74 Å². The summed E-state index contributed by atoms with van der Waals surface area (Å²) in [7, 11) is 1.99. The Kier molecular flexibility index (Phi) is 6.83. The maximum atomic E-state index is 5.84. The van der Waals surface area contributed by atoms with Crippen molar-refractivity contribution in [3.8, 4) is 5.88 Å². The molecule has 0 saturated heterocycles. The van der Waals surface area contributed by atoms with Gasteiger partial charge in [-0.05, 0) is 76.1 Å². The fraction of sp³-hybridized carbons (Fsp3) is 0.294. The largest absolute Gasteiger partial charge is 0.472 e. The van der Waals surface area contributed by atoms with Gasteiger partial charge in [0.1, 0.15) is 6.61 Å². The number of nitrogens with zero attached hydrogens (tertiary/aromatic N) is 3. The smallest absolute Gasteiger partial charge is 0.228 e. The molecule has 0 atom stereocenters. The number of aryl methyl sites for hydroxylation is 1. The predicted octanol–water partition coefficient (Wildman–Crippen LogP) is 4.95. The van der Waals surface area contributed by atoms with E-state index < -0.39 is 0 Å². The van der Waals surface area contributed by atoms with Crippen LogP contribution in [0.25, 0.3) is 0 Å². The summed E-state index contributed by atoms with van der Waals surface area (Å²) in [6, 6.07) is 10.2. The summed E-state index contributed by atoms with van der Waals surface area (Å²) in [5.41, 5.74) is 2.79. The maximum Gasteiger partial charge on any atom is 0.228 e. The Morgan fingerprint density at radius 3 is 2.87 bits per heavy atom. The first-order valence-electron chi connectivity index (χ1n) is 7.28. The zero-order chi connectivity index (χ0) is 16.8. The minimum atomic E-state index is 0.489. The van der Waals surface area contributed by atoms with Crippen LogP contribution in [0, 0.1) is 10.5 Å². The standard InChI is InChI=1S/C17H19BrIN3O/c1-4-22(3)11-20-16-9-15(18)17(21-12(16)2)23-10-13-6-5-7-14(19)8-13/h5-9,11H,4,10H2,1-3H3/b20-11+. The van der Waals surface area contributed by atoms with Crippen molar-refractivity contribution in [3.05, 3.63) is 49.6 Å². The van der Waals surface area contributed by atoms with Crippen LogP contribution in [0.3, 0.4) is 0 Å². The van der Waals surface area contributed by atoms with Gasteiger partial charge in [-0.1, -0.05) is 12.1 Å². The maximum absolute atomic E-state index is 5.84. The molecule has 0 unspecified atom stereocenters. The van der Waals surface area contributed by atoms with Gasteiger partial charge in [0.25, 0.3) is 0 Å². The molecular formula is C17H19BrIN3O. The molecule has 0 fully saturated rings. The minimum absolute atomic E-state index is 0.489. The number of hydrogen-bond acceptors (Lipinski definition) is 3. The first-order chi connectivity index (χ1) is 11.0. The highest BCUT2D eigenvalue weighted by Gasteiger charge is 2.08. The zero-order valence-electron chi connectivity index (χ0n) is 13.4. The van der Waals surface area contributed by atoms with Crippen molar-refractivity contribution in [2.45, 2.75) is 20.5 Å². The van der Waals surface area contributed by atoms with Gasteiger partial charge in [-0.15, -0.1) is 0 Å². The second-order valence-electron chi connectivity index (χ2n) is 5.12. The van der Waals surface area contributed by atoms with E-state index in [-0.39, 0.29) is 0 Å². The van der Waals surface area contributed by atoms with Gasteiger partial charge in [-0.2, -0.15) is 0 Å². The van der Waals surface area contributed by atoms with Crippen molar-refractivity contribution in [2.75, 3.05) is 13.6 Å². The molecule has 4 nitrogen and oxygen atoms in total. The number of halogens is 2. The fourth-order valence-corrected chi connectivity index (χ4v) is 2.83. The summed E-state index contributed by atoms with van der Waals surface area (Å²) in [5.74, 6) is 0.587. The molecule has 0 N–H and O–H groups in total. The molecule has 0 bridgehead atoms. The molecule has 0 saturated carbocycles. The highest BCUT2D eigenvalue weighted by molar-refractivity contribution is 14.1. The Morgan fingerprint density at radius 1 is 1.39 bits per heavy atom. The summed E-state index contributed by atoms with van der Waals surface area (Å²) >= 11 is 5.81. The third-order valence-corrected chi connectivity index (χ3v) is 4.50. The molecule has 6 heteroatoms. The summed E-state index contributed by atoms with van der Waals surface area (Å²) < 4.78 is 7.83. The van der Waals surface area contributed by atoms with Crippen LogP contribution in [-0.4, -0.2) is 29.8 Å². The van der Waals surface area contributed by atoms with E-state index in [9.17, 15) is 0 Å². The van der Waals surface area contributed by atoms with E-state index in [1.807, 2.05) is 43.4 Å². The third-order valence-electron chi connectivity index (χ3n) is 3.27. The van der Waals surface area contributed by atoms with E-state index in [1.165, 1.54) is 3.57 Å². The average Bonchev–Trinajstić information content (AvgIpc) is 2.53. The number of hydrogen-bond donors (Lipinski definition) is 0. The third kappa shape index (κ3) is 5.46. The van der Waals surface area contributed by atoms with Crippen molar-refractivity contribution >= 4 is 50.5 Å². The van der Waals surface area contributed by atoms with Gasteiger partial charge in [-0.25, -0.2) is 9.98 Å². The normalized spacial score (nSPS) is 11.0. The molecule has 0 aliphatic rings. The molecule has 2 aromatic rings. The van der Waals surface area contributed by atoms with Crippen LogP contribution >= 0.6 is 38.5 Å². The molecule has 0 aliphatic carbocycles. The van der Waals surface area contributed by atoms with E-state index in [1.54, 1.807) is 0 Å². The van der Waals surface area contributed by atoms with Gasteiger partial charge in [0, 0.05) is 17.2 Å². The SMILES string of the molecule is CCN(C)/C=N/c1cc(Br)c(OCc2cccc(I)c2)nc1C. The minimum Gasteiger partial charge on any atom is -0.472 e. The van der Waals surface area contributed by atoms with Gasteiger partial charge in [-0.3, -0.25) is 0 Å². The Labute approximate surface area is 159 Å². The van der Waals surface area contributed by atoms with E-state index in [0.717, 1.165) is 28.0 Å². The average molecular weight is 488 g/mol. The van der Waals surface area contributed by atoms with E-state index >= 15 is 0 Å². The first-order valence-corrected chi connectivity index (χ1v) is 9.15. The molecule has 23 heavy (non-hydrogen) atoms. The van der Waals surface area contributed by atoms with Crippen molar-refractivity contribution in [3.63, 3.8) is 0 Å². The Balaban J connectivity index is 2.12. The number of benzene rings is 1. The molecular weight excluding hydrogens is 469 g/mol. The summed E-state index contributed by atoms with van der Waals surface area (Å²) in [6.07, 6.45) is 1.81. The molecule has 2 rings (SSSR count). The van der Waals surface area contributed by atoms with Gasteiger partial charge in [0.05, 0.1) is 22.2 Å². The van der Waals surface area contributed by atoms with Crippen LogP contribution in [0.4, 0.5) is 5.69 Å². The predicted molar refractivity (Wildman–Crippen MR) is 107 cm³/mol. The van der Waals surface area contributed by atoms with Gasteiger partial charge in [0.2, 0.25) is 5.88 Å². The summed E-state index contributed by atoms with van der Waals surface area (Å²) in [5, 5.41) is 0. The van der Waals surface area contributed by atoms with Crippen molar-refractivity contribution < 1.29 is 4.74 Å². The highest BCUT2D eigenvalue weighted by atomic mass is 127. The lowest BCUT2D eigenvalue weighted by Gasteiger charge is -2.11. The van der Waals surface area contributed by atoms with Gasteiger partial charge >= 0.3 is 0 Å². The fourth-order valence-electron chi connectivity index (χ4n) is 1.80. The van der Waals surface area contributed by atoms with E-state index in [0.29, 0.717) is 12.5 Å². The molecule has 0 spiro atoms. The lowest BCUT2D eigenvalue weighted by Crippen LogP contribution is -2.14. The highest BCUT2D eigenvalue weighted by Crippen LogP contribution is 2.30. The zero-order valence-corrected chi connectivity index (χ0v) is 17.1. The molecule has 0 radical (unpaired) electrons. The van der Waals surface area contributed by atoms with E-state index in [2.05, 4.69) is 67.6 Å². The molecule has 122 valence electrons. The van der Waals surface area contributed by atoms with Crippen LogP contribution in [0.1, 0.15) is 18.2 Å². The Morgan fingerprint density at radius 2 is 2.17 bits per heavy atom. The molecule has 1 heterocycles. The van der Waals surface area contributed by atoms with Gasteiger partial charge in [0.15, 0.2) is 0 Å². The van der Waals surface area contributed by atoms with Crippen LogP contribution in [-0.2, 0) is 6.61 Å². The monoisotopic (exact) mass is 487 g/mol. The quantitative estimate of drug-likeness (QED) is 0.329. The first kappa shape index (κ1) is 18.2. The van der Waals surface area contributed by atoms with Crippen molar-refractivity contribution in [1.82, 2.24) is 9.88 Å². The molecule has 0 amide bonds. The number of aliphatic imine (C=N–C) groups is 1. The van der Waals surface area contributed by atoms with Gasteiger partial charge < -0.3 is 9.64 Å². The summed E-state index contributed by atoms with van der Waals surface area (Å²) in [6.45, 7) is 5.41. The lowest BCUT2D eigenvalue weighted by atomic mass is 10.2.